The van der Waals surface area contributed by atoms with E-state index in [0.29, 0.717) is 11.6 Å². The Hall–Kier alpha value is -2.19. The van der Waals surface area contributed by atoms with E-state index in [2.05, 4.69) is 5.16 Å². The molecule has 1 amide bonds. The van der Waals surface area contributed by atoms with E-state index >= 15 is 0 Å². The SMILES string of the molecule is NS(=O)(=O)CC1CC(=O)N(c2cc(-c3ccccc3)no2)C1. The largest absolute Gasteiger partial charge is 0.338 e. The van der Waals surface area contributed by atoms with Crippen LogP contribution in [0.4, 0.5) is 5.88 Å². The zero-order valence-corrected chi connectivity index (χ0v) is 12.5. The third-order valence-electron chi connectivity index (χ3n) is 3.51. The first kappa shape index (κ1) is 14.7. The van der Waals surface area contributed by atoms with Crippen LogP contribution in [-0.2, 0) is 14.8 Å². The van der Waals surface area contributed by atoms with Crippen molar-refractivity contribution >= 4 is 21.8 Å². The molecular weight excluding hydrogens is 306 g/mol. The van der Waals surface area contributed by atoms with Crippen molar-refractivity contribution in [1.82, 2.24) is 5.16 Å². The molecule has 2 N–H and O–H groups in total. The van der Waals surface area contributed by atoms with Crippen LogP contribution in [0.5, 0.6) is 0 Å². The molecule has 1 aromatic heterocycles. The summed E-state index contributed by atoms with van der Waals surface area (Å²) >= 11 is 0. The second-order valence-corrected chi connectivity index (χ2v) is 6.98. The minimum Gasteiger partial charge on any atom is -0.338 e. The third kappa shape index (κ3) is 3.18. The lowest BCUT2D eigenvalue weighted by atomic mass is 10.1. The summed E-state index contributed by atoms with van der Waals surface area (Å²) in [4.78, 5) is 13.4. The van der Waals surface area contributed by atoms with Gasteiger partial charge in [-0.05, 0) is 0 Å². The van der Waals surface area contributed by atoms with Crippen molar-refractivity contribution in [3.63, 3.8) is 0 Å². The van der Waals surface area contributed by atoms with Gasteiger partial charge in [-0.25, -0.2) is 13.6 Å². The summed E-state index contributed by atoms with van der Waals surface area (Å²) in [7, 11) is -3.60. The lowest BCUT2D eigenvalue weighted by Gasteiger charge is -2.11. The number of sulfonamides is 1. The summed E-state index contributed by atoms with van der Waals surface area (Å²) in [5.41, 5.74) is 1.50. The maximum absolute atomic E-state index is 12.0. The highest BCUT2D eigenvalue weighted by Gasteiger charge is 2.34. The van der Waals surface area contributed by atoms with E-state index in [1.807, 2.05) is 30.3 Å². The Kier molecular flexibility index (Phi) is 3.71. The van der Waals surface area contributed by atoms with Crippen LogP contribution in [0.25, 0.3) is 11.3 Å². The van der Waals surface area contributed by atoms with E-state index in [-0.39, 0.29) is 30.5 Å². The number of carbonyl (C=O) groups is 1. The maximum atomic E-state index is 12.0. The molecule has 1 saturated heterocycles. The number of anilines is 1. The third-order valence-corrected chi connectivity index (χ3v) is 4.44. The molecule has 0 radical (unpaired) electrons. The molecule has 8 heteroatoms. The van der Waals surface area contributed by atoms with Gasteiger partial charge in [-0.1, -0.05) is 35.5 Å². The number of aromatic nitrogens is 1. The number of hydrogen-bond acceptors (Lipinski definition) is 5. The molecule has 2 heterocycles. The second kappa shape index (κ2) is 5.54. The fraction of sp³-hybridized carbons (Fsp3) is 0.286. The molecule has 1 atom stereocenters. The molecule has 0 bridgehead atoms. The Morgan fingerprint density at radius 2 is 2.05 bits per heavy atom. The van der Waals surface area contributed by atoms with Crippen molar-refractivity contribution in [3.05, 3.63) is 36.4 Å². The molecule has 0 aliphatic carbocycles. The van der Waals surface area contributed by atoms with Crippen LogP contribution in [0.1, 0.15) is 6.42 Å². The molecular formula is C14H15N3O4S. The fourth-order valence-electron chi connectivity index (χ4n) is 2.57. The molecule has 1 aromatic carbocycles. The Balaban J connectivity index is 1.78. The number of carbonyl (C=O) groups excluding carboxylic acids is 1. The molecule has 2 aromatic rings. The number of nitrogens with two attached hydrogens (primary N) is 1. The van der Waals surface area contributed by atoms with Gasteiger partial charge in [-0.3, -0.25) is 9.69 Å². The fourth-order valence-corrected chi connectivity index (χ4v) is 3.45. The van der Waals surface area contributed by atoms with E-state index in [4.69, 9.17) is 9.66 Å². The van der Waals surface area contributed by atoms with Crippen LogP contribution in [-0.4, -0.2) is 31.8 Å². The Morgan fingerprint density at radius 1 is 1.32 bits per heavy atom. The highest BCUT2D eigenvalue weighted by atomic mass is 32.2. The van der Waals surface area contributed by atoms with Crippen LogP contribution in [0.15, 0.2) is 40.9 Å². The number of rotatable bonds is 4. The summed E-state index contributed by atoms with van der Waals surface area (Å²) in [5.74, 6) is -0.410. The lowest BCUT2D eigenvalue weighted by Crippen LogP contribution is -2.27. The van der Waals surface area contributed by atoms with Gasteiger partial charge in [0.25, 0.3) is 0 Å². The Bertz CT molecular complexity index is 785. The van der Waals surface area contributed by atoms with Crippen molar-refractivity contribution < 1.29 is 17.7 Å². The summed E-state index contributed by atoms with van der Waals surface area (Å²) in [6.07, 6.45) is 0.137. The van der Waals surface area contributed by atoms with Gasteiger partial charge < -0.3 is 4.52 Å². The summed E-state index contributed by atoms with van der Waals surface area (Å²) in [6.45, 7) is 0.263. The second-order valence-electron chi connectivity index (χ2n) is 5.32. The van der Waals surface area contributed by atoms with E-state index in [1.165, 1.54) is 4.90 Å². The minimum atomic E-state index is -3.60. The van der Waals surface area contributed by atoms with Crippen LogP contribution < -0.4 is 10.0 Å². The van der Waals surface area contributed by atoms with E-state index in [1.54, 1.807) is 6.07 Å². The van der Waals surface area contributed by atoms with Crippen molar-refractivity contribution in [2.75, 3.05) is 17.2 Å². The van der Waals surface area contributed by atoms with Gasteiger partial charge in [0.2, 0.25) is 21.8 Å². The average Bonchev–Trinajstić information content (AvgIpc) is 3.05. The van der Waals surface area contributed by atoms with Gasteiger partial charge in [0.05, 0.1) is 5.75 Å². The summed E-state index contributed by atoms with van der Waals surface area (Å²) < 4.78 is 27.5. The summed E-state index contributed by atoms with van der Waals surface area (Å²) in [6, 6.07) is 11.1. The molecule has 0 spiro atoms. The van der Waals surface area contributed by atoms with Crippen molar-refractivity contribution in [2.24, 2.45) is 11.1 Å². The quantitative estimate of drug-likeness (QED) is 0.903. The predicted octanol–water partition coefficient (Wildman–Crippen LogP) is 0.983. The zero-order chi connectivity index (χ0) is 15.7. The number of nitrogens with zero attached hydrogens (tertiary/aromatic N) is 2. The van der Waals surface area contributed by atoms with E-state index in [9.17, 15) is 13.2 Å². The van der Waals surface area contributed by atoms with Crippen molar-refractivity contribution in [1.29, 1.82) is 0 Å². The highest BCUT2D eigenvalue weighted by Crippen LogP contribution is 2.29. The lowest BCUT2D eigenvalue weighted by molar-refractivity contribution is -0.117. The Labute approximate surface area is 127 Å². The monoisotopic (exact) mass is 321 g/mol. The summed E-state index contributed by atoms with van der Waals surface area (Å²) in [5, 5.41) is 8.98. The number of primary sulfonamides is 1. The molecule has 7 nitrogen and oxygen atoms in total. The van der Waals surface area contributed by atoms with Crippen molar-refractivity contribution in [3.8, 4) is 11.3 Å². The van der Waals surface area contributed by atoms with E-state index in [0.717, 1.165) is 5.56 Å². The van der Waals surface area contributed by atoms with Gasteiger partial charge in [0, 0.05) is 30.5 Å². The molecule has 0 saturated carbocycles. The molecule has 1 unspecified atom stereocenters. The van der Waals surface area contributed by atoms with Crippen LogP contribution in [0.2, 0.25) is 0 Å². The average molecular weight is 321 g/mol. The standard InChI is InChI=1S/C14H15N3O4S/c15-22(19,20)9-10-6-13(18)17(8-10)14-7-12(16-21-14)11-4-2-1-3-5-11/h1-5,7,10H,6,8-9H2,(H2,15,19,20). The molecule has 1 aliphatic rings. The van der Waals surface area contributed by atoms with Gasteiger partial charge >= 0.3 is 0 Å². The number of benzene rings is 1. The predicted molar refractivity (Wildman–Crippen MR) is 80.4 cm³/mol. The van der Waals surface area contributed by atoms with Gasteiger partial charge in [-0.15, -0.1) is 0 Å². The molecule has 3 rings (SSSR count). The normalized spacial score (nSPS) is 18.9. The number of amides is 1. The highest BCUT2D eigenvalue weighted by molar-refractivity contribution is 7.89. The number of hydrogen-bond donors (Lipinski definition) is 1. The first-order valence-electron chi connectivity index (χ1n) is 6.75. The van der Waals surface area contributed by atoms with Gasteiger partial charge in [0.15, 0.2) is 0 Å². The first-order chi connectivity index (χ1) is 10.4. The van der Waals surface area contributed by atoms with Gasteiger partial charge in [0.1, 0.15) is 5.69 Å². The van der Waals surface area contributed by atoms with Crippen LogP contribution in [0.3, 0.4) is 0 Å². The minimum absolute atomic E-state index is 0.137. The molecule has 22 heavy (non-hydrogen) atoms. The topological polar surface area (TPSA) is 106 Å². The first-order valence-corrected chi connectivity index (χ1v) is 8.47. The Morgan fingerprint density at radius 3 is 2.73 bits per heavy atom. The van der Waals surface area contributed by atoms with E-state index < -0.39 is 10.0 Å². The molecule has 1 fully saturated rings. The van der Waals surface area contributed by atoms with Gasteiger partial charge in [-0.2, -0.15) is 0 Å². The molecule has 116 valence electrons. The molecule has 1 aliphatic heterocycles. The zero-order valence-electron chi connectivity index (χ0n) is 11.7. The maximum Gasteiger partial charge on any atom is 0.234 e. The van der Waals surface area contributed by atoms with Crippen LogP contribution >= 0.6 is 0 Å². The smallest absolute Gasteiger partial charge is 0.234 e. The van der Waals surface area contributed by atoms with Crippen LogP contribution in [0, 0.1) is 5.92 Å². The van der Waals surface area contributed by atoms with Crippen molar-refractivity contribution in [2.45, 2.75) is 6.42 Å².